The molecule has 0 bridgehead atoms. The number of imidazole rings is 1. The molecule has 10 heteroatoms. The lowest BCUT2D eigenvalue weighted by atomic mass is 10.0. The van der Waals surface area contributed by atoms with E-state index in [0.29, 0.717) is 42.5 Å². The summed E-state index contributed by atoms with van der Waals surface area (Å²) in [6.07, 6.45) is 2.53. The molecule has 0 radical (unpaired) electrons. The predicted octanol–water partition coefficient (Wildman–Crippen LogP) is 2.05. The van der Waals surface area contributed by atoms with Crippen molar-refractivity contribution in [2.45, 2.75) is 38.8 Å². The number of aromatic amines is 1. The molecule has 1 saturated heterocycles. The van der Waals surface area contributed by atoms with E-state index in [1.807, 2.05) is 11.8 Å². The first-order valence-corrected chi connectivity index (χ1v) is 9.74. The Bertz CT molecular complexity index is 916. The van der Waals surface area contributed by atoms with Gasteiger partial charge in [0.25, 0.3) is 5.91 Å². The molecule has 0 aliphatic carbocycles. The van der Waals surface area contributed by atoms with Gasteiger partial charge in [-0.05, 0) is 31.4 Å². The highest BCUT2D eigenvalue weighted by Gasteiger charge is 2.32. The van der Waals surface area contributed by atoms with Gasteiger partial charge in [-0.3, -0.25) is 4.79 Å². The van der Waals surface area contributed by atoms with Gasteiger partial charge in [0, 0.05) is 26.4 Å². The molecular weight excluding hydrogens is 398 g/mol. The molecule has 0 spiro atoms. The topological polar surface area (TPSA) is 120 Å². The largest absolute Gasteiger partial charge is 0.478 e. The number of anilines is 1. The van der Waals surface area contributed by atoms with Crippen LogP contribution in [0, 0.1) is 6.92 Å². The maximum atomic E-state index is 12.6. The number of nitrogens with one attached hydrogen (secondary N) is 2. The third-order valence-corrected chi connectivity index (χ3v) is 5.43. The lowest BCUT2D eigenvalue weighted by Gasteiger charge is -2.38. The predicted molar refractivity (Wildman–Crippen MR) is 108 cm³/mol. The van der Waals surface area contributed by atoms with Gasteiger partial charge in [0.2, 0.25) is 0 Å². The number of carbonyl (C=O) groups is 2. The summed E-state index contributed by atoms with van der Waals surface area (Å²) in [5, 5.41) is 12.6. The third-order valence-electron chi connectivity index (χ3n) is 5.12. The van der Waals surface area contributed by atoms with Crippen LogP contribution in [0.25, 0.3) is 0 Å². The van der Waals surface area contributed by atoms with E-state index in [1.165, 1.54) is 0 Å². The monoisotopic (exact) mass is 421 g/mol. The highest BCUT2D eigenvalue weighted by atomic mass is 35.5. The second-order valence-electron chi connectivity index (χ2n) is 6.96. The van der Waals surface area contributed by atoms with E-state index >= 15 is 0 Å². The summed E-state index contributed by atoms with van der Waals surface area (Å²) in [5.41, 5.74) is 1.55. The number of nitrogens with zero attached hydrogens (tertiary/aromatic N) is 3. The van der Waals surface area contributed by atoms with Crippen molar-refractivity contribution in [3.8, 4) is 0 Å². The molecule has 1 fully saturated rings. The molecule has 3 rings (SSSR count). The highest BCUT2D eigenvalue weighted by molar-refractivity contribution is 6.30. The van der Waals surface area contributed by atoms with Crippen LogP contribution in [0.4, 0.5) is 5.82 Å². The number of rotatable bonds is 6. The van der Waals surface area contributed by atoms with Gasteiger partial charge in [-0.1, -0.05) is 18.5 Å². The molecule has 1 amide bonds. The molecule has 156 valence electrons. The number of aromatic carboxylic acids is 1. The van der Waals surface area contributed by atoms with Crippen LogP contribution in [0.15, 0.2) is 12.3 Å². The number of amides is 1. The Morgan fingerprint density at radius 3 is 2.86 bits per heavy atom. The van der Waals surface area contributed by atoms with Crippen LogP contribution in [0.1, 0.15) is 45.6 Å². The summed E-state index contributed by atoms with van der Waals surface area (Å²) in [6, 6.07) is 1.35. The van der Waals surface area contributed by atoms with Crippen molar-refractivity contribution in [1.29, 1.82) is 0 Å². The quantitative estimate of drug-likeness (QED) is 0.652. The number of hydrogen-bond acceptors (Lipinski definition) is 6. The van der Waals surface area contributed by atoms with Crippen molar-refractivity contribution in [1.82, 2.24) is 20.3 Å². The number of methoxy groups -OCH3 is 1. The first kappa shape index (κ1) is 21.1. The van der Waals surface area contributed by atoms with Crippen LogP contribution in [0.3, 0.4) is 0 Å². The Morgan fingerprint density at radius 1 is 1.48 bits per heavy atom. The van der Waals surface area contributed by atoms with Crippen LogP contribution < -0.4 is 10.2 Å². The van der Waals surface area contributed by atoms with E-state index in [-0.39, 0.29) is 29.4 Å². The van der Waals surface area contributed by atoms with Crippen LogP contribution in [0.2, 0.25) is 5.15 Å². The summed E-state index contributed by atoms with van der Waals surface area (Å²) in [5.74, 6) is -0.575. The van der Waals surface area contributed by atoms with Crippen LogP contribution in [-0.4, -0.2) is 64.3 Å². The molecule has 0 unspecified atom stereocenters. The van der Waals surface area contributed by atoms with Gasteiger partial charge in [0.1, 0.15) is 5.82 Å². The lowest BCUT2D eigenvalue weighted by molar-refractivity contribution is 0.0536. The Hall–Kier alpha value is -2.65. The zero-order valence-corrected chi connectivity index (χ0v) is 17.3. The number of halogens is 1. The SMILES string of the molecule is CCc1[nH]c(C(=O)N[C@H]2CCN(c3cc(C(=O)O)c(C)cn3)C[C@H]2OC)nc1Cl. The molecule has 0 saturated carbocycles. The standard InChI is InChI=1S/C19H24ClN5O4/c1-4-12-16(20)24-17(22-12)18(26)23-13-5-6-25(9-14(13)29-3)15-7-11(19(27)28)10(2)8-21-15/h7-8,13-14H,4-6,9H2,1-3H3,(H,22,24)(H,23,26)(H,27,28)/t13-,14+/m0/s1. The third kappa shape index (κ3) is 4.51. The van der Waals surface area contributed by atoms with Crippen molar-refractivity contribution in [2.75, 3.05) is 25.1 Å². The number of ether oxygens (including phenoxy) is 1. The highest BCUT2D eigenvalue weighted by Crippen LogP contribution is 2.22. The summed E-state index contributed by atoms with van der Waals surface area (Å²) in [4.78, 5) is 37.3. The maximum Gasteiger partial charge on any atom is 0.336 e. The Labute approximate surface area is 173 Å². The fraction of sp³-hybridized carbons (Fsp3) is 0.474. The molecule has 9 nitrogen and oxygen atoms in total. The smallest absolute Gasteiger partial charge is 0.336 e. The van der Waals surface area contributed by atoms with E-state index < -0.39 is 5.97 Å². The number of carboxylic acids is 1. The van der Waals surface area contributed by atoms with Crippen molar-refractivity contribution in [3.05, 3.63) is 40.1 Å². The molecule has 29 heavy (non-hydrogen) atoms. The van der Waals surface area contributed by atoms with Gasteiger partial charge in [-0.2, -0.15) is 0 Å². The molecule has 2 atom stereocenters. The van der Waals surface area contributed by atoms with Crippen molar-refractivity contribution >= 4 is 29.3 Å². The van der Waals surface area contributed by atoms with Crippen molar-refractivity contribution in [3.63, 3.8) is 0 Å². The van der Waals surface area contributed by atoms with Gasteiger partial charge < -0.3 is 25.0 Å². The summed E-state index contributed by atoms with van der Waals surface area (Å²) >= 11 is 6.02. The van der Waals surface area contributed by atoms with E-state index in [2.05, 4.69) is 20.3 Å². The van der Waals surface area contributed by atoms with E-state index in [0.717, 1.165) is 5.69 Å². The summed E-state index contributed by atoms with van der Waals surface area (Å²) in [6.45, 7) is 4.70. The molecular formula is C19H24ClN5O4. The number of carbonyl (C=O) groups excluding carboxylic acids is 1. The molecule has 1 aliphatic heterocycles. The summed E-state index contributed by atoms with van der Waals surface area (Å²) < 4.78 is 5.59. The second kappa shape index (κ2) is 8.79. The maximum absolute atomic E-state index is 12.6. The van der Waals surface area contributed by atoms with Crippen LogP contribution in [-0.2, 0) is 11.2 Å². The number of carboxylic acid groups (broad SMARTS) is 1. The average Bonchev–Trinajstić information content (AvgIpc) is 3.09. The fourth-order valence-electron chi connectivity index (χ4n) is 3.41. The molecule has 3 heterocycles. The van der Waals surface area contributed by atoms with Gasteiger partial charge in [0.05, 0.1) is 23.4 Å². The van der Waals surface area contributed by atoms with Crippen LogP contribution in [0.5, 0.6) is 0 Å². The zero-order valence-electron chi connectivity index (χ0n) is 16.5. The van der Waals surface area contributed by atoms with E-state index in [9.17, 15) is 14.7 Å². The van der Waals surface area contributed by atoms with Gasteiger partial charge in [-0.25, -0.2) is 14.8 Å². The molecule has 3 N–H and O–H groups in total. The molecule has 1 aliphatic rings. The molecule has 2 aromatic heterocycles. The second-order valence-corrected chi connectivity index (χ2v) is 7.32. The first-order valence-electron chi connectivity index (χ1n) is 9.37. The van der Waals surface area contributed by atoms with Gasteiger partial charge in [-0.15, -0.1) is 0 Å². The zero-order chi connectivity index (χ0) is 21.1. The number of pyridine rings is 1. The minimum Gasteiger partial charge on any atom is -0.478 e. The van der Waals surface area contributed by atoms with Crippen LogP contribution >= 0.6 is 11.6 Å². The van der Waals surface area contributed by atoms with Crippen molar-refractivity contribution < 1.29 is 19.4 Å². The molecule has 0 aromatic carbocycles. The van der Waals surface area contributed by atoms with E-state index in [4.69, 9.17) is 16.3 Å². The lowest BCUT2D eigenvalue weighted by Crippen LogP contribution is -2.55. The summed E-state index contributed by atoms with van der Waals surface area (Å²) in [7, 11) is 1.58. The first-order chi connectivity index (χ1) is 13.8. The van der Waals surface area contributed by atoms with Gasteiger partial charge in [0.15, 0.2) is 11.0 Å². The number of aryl methyl sites for hydroxylation is 2. The average molecular weight is 422 g/mol. The van der Waals surface area contributed by atoms with E-state index in [1.54, 1.807) is 26.3 Å². The normalized spacial score (nSPS) is 19.2. The number of hydrogen-bond donors (Lipinski definition) is 3. The Balaban J connectivity index is 1.70. The molecule has 2 aromatic rings. The number of aromatic nitrogens is 3. The Morgan fingerprint density at radius 2 is 2.24 bits per heavy atom. The number of H-pyrrole nitrogens is 1. The number of piperidine rings is 1. The fourth-order valence-corrected chi connectivity index (χ4v) is 3.68. The minimum atomic E-state index is -0.986. The van der Waals surface area contributed by atoms with Crippen molar-refractivity contribution in [2.24, 2.45) is 0 Å². The minimum absolute atomic E-state index is 0.176. The van der Waals surface area contributed by atoms with Gasteiger partial charge >= 0.3 is 5.97 Å². The Kier molecular flexibility index (Phi) is 6.39.